The highest BCUT2D eigenvalue weighted by Crippen LogP contribution is 2.24. The van der Waals surface area contributed by atoms with Crippen LogP contribution in [0.4, 0.5) is 0 Å². The van der Waals surface area contributed by atoms with E-state index in [2.05, 4.69) is 38.2 Å². The predicted molar refractivity (Wildman–Crippen MR) is 98.6 cm³/mol. The smallest absolute Gasteiger partial charge is 0.223 e. The van der Waals surface area contributed by atoms with Crippen molar-refractivity contribution in [1.82, 2.24) is 5.32 Å². The molecule has 0 atom stereocenters. The van der Waals surface area contributed by atoms with Crippen LogP contribution in [0.3, 0.4) is 0 Å². The zero-order valence-electron chi connectivity index (χ0n) is 14.4. The summed E-state index contributed by atoms with van der Waals surface area (Å²) in [6, 6.07) is 15.5. The lowest BCUT2D eigenvalue weighted by atomic mass is 9.87. The fourth-order valence-corrected chi connectivity index (χ4v) is 2.44. The van der Waals surface area contributed by atoms with Crippen LogP contribution >= 0.6 is 11.6 Å². The maximum absolute atomic E-state index is 11.9. The molecule has 0 unspecified atom stereocenters. The molecule has 0 aromatic heterocycles. The molecular weight excluding hydrogens is 322 g/mol. The number of benzene rings is 2. The second kappa shape index (κ2) is 8.20. The van der Waals surface area contributed by atoms with E-state index in [1.165, 1.54) is 5.56 Å². The van der Waals surface area contributed by atoms with Crippen LogP contribution in [-0.4, -0.2) is 12.5 Å². The number of carbonyl (C=O) groups excluding carboxylic acids is 1. The van der Waals surface area contributed by atoms with Gasteiger partial charge < -0.3 is 10.1 Å². The maximum atomic E-state index is 11.9. The van der Waals surface area contributed by atoms with E-state index in [0.29, 0.717) is 24.6 Å². The third-order valence-electron chi connectivity index (χ3n) is 3.75. The van der Waals surface area contributed by atoms with Gasteiger partial charge in [0.15, 0.2) is 0 Å². The van der Waals surface area contributed by atoms with Crippen molar-refractivity contribution < 1.29 is 9.53 Å². The molecule has 0 fully saturated rings. The molecule has 1 amide bonds. The second-order valence-corrected chi connectivity index (χ2v) is 7.15. The van der Waals surface area contributed by atoms with Crippen molar-refractivity contribution in [3.63, 3.8) is 0 Å². The van der Waals surface area contributed by atoms with Gasteiger partial charge in [0.05, 0.1) is 13.0 Å². The molecule has 24 heavy (non-hydrogen) atoms. The lowest BCUT2D eigenvalue weighted by Crippen LogP contribution is -2.24. The number of ether oxygens (including phenoxy) is 1. The van der Waals surface area contributed by atoms with E-state index in [1.807, 2.05) is 36.4 Å². The fraction of sp³-hybridized carbons (Fsp3) is 0.350. The average molecular weight is 346 g/mol. The molecule has 0 bridgehead atoms. The SMILES string of the molecule is CC(C)(C)c1ccc(OCCC(=O)NCc2ccccc2Cl)cc1. The monoisotopic (exact) mass is 345 g/mol. The molecule has 0 radical (unpaired) electrons. The Bertz CT molecular complexity index is 675. The topological polar surface area (TPSA) is 38.3 Å². The highest BCUT2D eigenvalue weighted by Gasteiger charge is 2.13. The van der Waals surface area contributed by atoms with Gasteiger partial charge in [0.2, 0.25) is 5.91 Å². The number of hydrogen-bond acceptors (Lipinski definition) is 2. The van der Waals surface area contributed by atoms with Gasteiger partial charge in [-0.2, -0.15) is 0 Å². The minimum Gasteiger partial charge on any atom is -0.493 e. The molecule has 2 aromatic carbocycles. The summed E-state index contributed by atoms with van der Waals surface area (Å²) in [6.07, 6.45) is 0.311. The first-order valence-corrected chi connectivity index (χ1v) is 8.47. The van der Waals surface area contributed by atoms with Crippen molar-refractivity contribution >= 4 is 17.5 Å². The van der Waals surface area contributed by atoms with E-state index in [4.69, 9.17) is 16.3 Å². The number of amides is 1. The van der Waals surface area contributed by atoms with Crippen molar-refractivity contribution in [1.29, 1.82) is 0 Å². The van der Waals surface area contributed by atoms with Crippen molar-refractivity contribution in [3.8, 4) is 5.75 Å². The highest BCUT2D eigenvalue weighted by molar-refractivity contribution is 6.31. The summed E-state index contributed by atoms with van der Waals surface area (Å²) in [5.74, 6) is 0.725. The molecule has 0 aliphatic heterocycles. The van der Waals surface area contributed by atoms with Crippen LogP contribution in [0.15, 0.2) is 48.5 Å². The van der Waals surface area contributed by atoms with Gasteiger partial charge in [-0.25, -0.2) is 0 Å². The predicted octanol–water partition coefficient (Wildman–Crippen LogP) is 4.72. The van der Waals surface area contributed by atoms with Crippen molar-refractivity contribution in [2.75, 3.05) is 6.61 Å². The van der Waals surface area contributed by atoms with Gasteiger partial charge in [0, 0.05) is 11.6 Å². The van der Waals surface area contributed by atoms with E-state index in [9.17, 15) is 4.79 Å². The summed E-state index contributed by atoms with van der Waals surface area (Å²) in [5.41, 5.74) is 2.29. The summed E-state index contributed by atoms with van der Waals surface area (Å²) in [6.45, 7) is 7.30. The van der Waals surface area contributed by atoms with Crippen molar-refractivity contribution in [2.45, 2.75) is 39.2 Å². The molecule has 3 nitrogen and oxygen atoms in total. The standard InChI is InChI=1S/C20H24ClNO2/c1-20(2,3)16-8-10-17(11-9-16)24-13-12-19(23)22-14-15-6-4-5-7-18(15)21/h4-11H,12-14H2,1-3H3,(H,22,23). The molecular formula is C20H24ClNO2. The van der Waals surface area contributed by atoms with Crippen LogP contribution in [0, 0.1) is 0 Å². The quantitative estimate of drug-likeness (QED) is 0.822. The van der Waals surface area contributed by atoms with E-state index >= 15 is 0 Å². The second-order valence-electron chi connectivity index (χ2n) is 6.74. The number of carbonyl (C=O) groups is 1. The Labute approximate surface area is 149 Å². The van der Waals surface area contributed by atoms with Crippen LogP contribution in [-0.2, 0) is 16.8 Å². The molecule has 0 aliphatic carbocycles. The zero-order valence-corrected chi connectivity index (χ0v) is 15.2. The van der Waals surface area contributed by atoms with Gasteiger partial charge in [-0.1, -0.05) is 62.7 Å². The summed E-state index contributed by atoms with van der Waals surface area (Å²) in [7, 11) is 0. The minimum atomic E-state index is -0.0544. The Morgan fingerprint density at radius 3 is 2.38 bits per heavy atom. The Balaban J connectivity index is 1.74. The molecule has 2 rings (SSSR count). The van der Waals surface area contributed by atoms with Crippen LogP contribution in [0.25, 0.3) is 0 Å². The normalized spacial score (nSPS) is 11.2. The van der Waals surface area contributed by atoms with Crippen LogP contribution in [0.5, 0.6) is 5.75 Å². The van der Waals surface area contributed by atoms with Crippen molar-refractivity contribution in [3.05, 3.63) is 64.7 Å². The average Bonchev–Trinajstić information content (AvgIpc) is 2.54. The molecule has 128 valence electrons. The summed E-state index contributed by atoms with van der Waals surface area (Å²) >= 11 is 6.06. The first-order chi connectivity index (χ1) is 11.4. The molecule has 0 aliphatic rings. The van der Waals surface area contributed by atoms with Gasteiger partial charge in [-0.05, 0) is 34.7 Å². The van der Waals surface area contributed by atoms with E-state index < -0.39 is 0 Å². The molecule has 0 saturated carbocycles. The van der Waals surface area contributed by atoms with Crippen molar-refractivity contribution in [2.24, 2.45) is 0 Å². The third-order valence-corrected chi connectivity index (χ3v) is 4.12. The van der Waals surface area contributed by atoms with Crippen LogP contribution < -0.4 is 10.1 Å². The van der Waals surface area contributed by atoms with E-state index in [1.54, 1.807) is 0 Å². The number of halogens is 1. The molecule has 1 N–H and O–H groups in total. The number of nitrogens with one attached hydrogen (secondary N) is 1. The summed E-state index contributed by atoms with van der Waals surface area (Å²) in [5, 5.41) is 3.51. The molecule has 2 aromatic rings. The number of rotatable bonds is 6. The molecule has 4 heteroatoms. The molecule has 0 spiro atoms. The Morgan fingerprint density at radius 2 is 1.75 bits per heavy atom. The molecule has 0 heterocycles. The van der Waals surface area contributed by atoms with E-state index in [0.717, 1.165) is 11.3 Å². The minimum absolute atomic E-state index is 0.0544. The van der Waals surface area contributed by atoms with Gasteiger partial charge in [0.25, 0.3) is 0 Å². The van der Waals surface area contributed by atoms with Gasteiger partial charge in [-0.15, -0.1) is 0 Å². The Hall–Kier alpha value is -2.00. The number of hydrogen-bond donors (Lipinski definition) is 1. The Morgan fingerprint density at radius 1 is 1.08 bits per heavy atom. The summed E-state index contributed by atoms with van der Waals surface area (Å²) < 4.78 is 5.63. The first kappa shape index (κ1) is 18.3. The lowest BCUT2D eigenvalue weighted by Gasteiger charge is -2.19. The lowest BCUT2D eigenvalue weighted by molar-refractivity contribution is -0.121. The molecule has 0 saturated heterocycles. The largest absolute Gasteiger partial charge is 0.493 e. The van der Waals surface area contributed by atoms with Crippen LogP contribution in [0.2, 0.25) is 5.02 Å². The van der Waals surface area contributed by atoms with Gasteiger partial charge in [-0.3, -0.25) is 4.79 Å². The van der Waals surface area contributed by atoms with Gasteiger partial charge >= 0.3 is 0 Å². The highest BCUT2D eigenvalue weighted by atomic mass is 35.5. The third kappa shape index (κ3) is 5.57. The van der Waals surface area contributed by atoms with Crippen LogP contribution in [0.1, 0.15) is 38.3 Å². The van der Waals surface area contributed by atoms with E-state index in [-0.39, 0.29) is 11.3 Å². The Kier molecular flexibility index (Phi) is 6.27. The van der Waals surface area contributed by atoms with Gasteiger partial charge in [0.1, 0.15) is 5.75 Å². The zero-order chi connectivity index (χ0) is 17.6. The first-order valence-electron chi connectivity index (χ1n) is 8.10. The maximum Gasteiger partial charge on any atom is 0.223 e. The summed E-state index contributed by atoms with van der Waals surface area (Å²) in [4.78, 5) is 11.9. The fourth-order valence-electron chi connectivity index (χ4n) is 2.24.